The minimum absolute atomic E-state index is 0.0727. The van der Waals surface area contributed by atoms with Crippen molar-refractivity contribution >= 4 is 46.5 Å². The number of aromatic nitrogens is 1. The van der Waals surface area contributed by atoms with Gasteiger partial charge in [0.05, 0.1) is 17.7 Å². The van der Waals surface area contributed by atoms with Crippen LogP contribution < -0.4 is 31.4 Å². The lowest BCUT2D eigenvalue weighted by atomic mass is 10.0. The topological polar surface area (TPSA) is 151 Å². The first-order valence-corrected chi connectivity index (χ1v) is 12.4. The number of ether oxygens (including phenoxy) is 2. The van der Waals surface area contributed by atoms with Crippen molar-refractivity contribution in [2.75, 3.05) is 11.9 Å². The van der Waals surface area contributed by atoms with Gasteiger partial charge in [-0.25, -0.2) is 4.98 Å². The second kappa shape index (κ2) is 13.0. The number of nitrogen functional groups attached to an aromatic ring is 1. The average molecular weight is 559 g/mol. The fourth-order valence-electron chi connectivity index (χ4n) is 3.36. The fraction of sp³-hybridized carbons (Fsp3) is 0.231. The first kappa shape index (κ1) is 28.5. The number of nitrogens with two attached hydrogens (primary N) is 1. The lowest BCUT2D eigenvalue weighted by Gasteiger charge is -2.22. The van der Waals surface area contributed by atoms with E-state index in [-0.39, 0.29) is 27.8 Å². The Kier molecular flexibility index (Phi) is 9.75. The van der Waals surface area contributed by atoms with Crippen LogP contribution in [0, 0.1) is 5.41 Å². The van der Waals surface area contributed by atoms with Crippen molar-refractivity contribution in [3.63, 3.8) is 0 Å². The second-order valence-corrected chi connectivity index (χ2v) is 9.08. The number of halogens is 2. The van der Waals surface area contributed by atoms with Crippen molar-refractivity contribution in [1.82, 2.24) is 15.8 Å². The third-order valence-corrected chi connectivity index (χ3v) is 5.57. The number of hydrogen-bond donors (Lipinski definition) is 5. The Hall–Kier alpha value is -4.02. The van der Waals surface area contributed by atoms with E-state index in [1.165, 1.54) is 12.1 Å². The van der Waals surface area contributed by atoms with Gasteiger partial charge in [-0.05, 0) is 74.9 Å². The molecule has 0 aliphatic carbocycles. The lowest BCUT2D eigenvalue weighted by Crippen LogP contribution is -2.45. The molecule has 1 atom stereocenters. The van der Waals surface area contributed by atoms with Crippen LogP contribution >= 0.6 is 23.2 Å². The molecule has 3 aromatic rings. The number of nitrogens with zero attached hydrogens (tertiary/aromatic N) is 1. The number of nitrogens with one attached hydrogen (secondary N) is 4. The molecule has 6 N–H and O–H groups in total. The molecule has 0 aliphatic rings. The quantitative estimate of drug-likeness (QED) is 0.106. The summed E-state index contributed by atoms with van der Waals surface area (Å²) in [6.45, 7) is 6.03. The molecule has 0 saturated heterocycles. The van der Waals surface area contributed by atoms with Crippen LogP contribution in [0.25, 0.3) is 0 Å². The minimum Gasteiger partial charge on any atom is -0.490 e. The number of carbonyl (C=O) groups is 2. The van der Waals surface area contributed by atoms with Crippen molar-refractivity contribution in [1.29, 1.82) is 5.41 Å². The molecule has 0 radical (unpaired) electrons. The molecule has 38 heavy (non-hydrogen) atoms. The van der Waals surface area contributed by atoms with Crippen molar-refractivity contribution in [2.45, 2.75) is 32.9 Å². The van der Waals surface area contributed by atoms with E-state index in [1.54, 1.807) is 42.5 Å². The summed E-state index contributed by atoms with van der Waals surface area (Å²) in [5.74, 6) is -0.420. The fourth-order valence-corrected chi connectivity index (χ4v) is 3.70. The Bertz CT molecular complexity index is 1320. The lowest BCUT2D eigenvalue weighted by molar-refractivity contribution is -0.122. The summed E-state index contributed by atoms with van der Waals surface area (Å²) in [6, 6.07) is 13.7. The zero-order valence-corrected chi connectivity index (χ0v) is 22.5. The van der Waals surface area contributed by atoms with E-state index < -0.39 is 17.9 Å². The summed E-state index contributed by atoms with van der Waals surface area (Å²) >= 11 is 11.9. The van der Waals surface area contributed by atoms with Gasteiger partial charge in [0, 0.05) is 11.3 Å². The summed E-state index contributed by atoms with van der Waals surface area (Å²) in [5.41, 5.74) is 11.8. The molecule has 1 unspecified atom stereocenters. The van der Waals surface area contributed by atoms with Gasteiger partial charge in [0.25, 0.3) is 11.8 Å². The molecule has 0 fully saturated rings. The highest BCUT2D eigenvalue weighted by Crippen LogP contribution is 2.33. The number of hydrazine groups is 1. The molecular weight excluding hydrogens is 531 g/mol. The number of carbonyl (C=O) groups excluding carboxylic acids is 2. The number of amides is 2. The monoisotopic (exact) mass is 558 g/mol. The van der Waals surface area contributed by atoms with Gasteiger partial charge < -0.3 is 20.5 Å². The predicted molar refractivity (Wildman–Crippen MR) is 147 cm³/mol. The van der Waals surface area contributed by atoms with Crippen LogP contribution in [-0.2, 0) is 4.79 Å². The summed E-state index contributed by atoms with van der Waals surface area (Å²) < 4.78 is 11.6. The average Bonchev–Trinajstić information content (AvgIpc) is 2.88. The van der Waals surface area contributed by atoms with Crippen molar-refractivity contribution in [3.05, 3.63) is 81.6 Å². The third kappa shape index (κ3) is 7.50. The molecule has 0 saturated carbocycles. The van der Waals surface area contributed by atoms with E-state index in [0.29, 0.717) is 34.9 Å². The van der Waals surface area contributed by atoms with Gasteiger partial charge in [-0.1, -0.05) is 29.3 Å². The normalized spacial score (nSPS) is 11.4. The first-order valence-electron chi connectivity index (χ1n) is 11.7. The molecular formula is C26H28Cl2N6O4. The molecule has 2 amide bonds. The maximum atomic E-state index is 13.3. The number of anilines is 1. The first-order chi connectivity index (χ1) is 18.1. The summed E-state index contributed by atoms with van der Waals surface area (Å²) in [7, 11) is 0. The standard InChI is InChI=1S/C26H28Cl2N6O4/c1-4-37-20-13-16(7-11-19(20)38-14(2)3)22(31-17-8-5-15(6-9-17)24(29)30)25(35)33-34-26(36)23-18(27)10-12-21(28)32-23/h5-14,22,31H,4H2,1-3H3,(H3,29,30)(H,33,35)(H,34,36). The molecule has 200 valence electrons. The van der Waals surface area contributed by atoms with Gasteiger partial charge in [0.2, 0.25) is 0 Å². The number of benzene rings is 2. The van der Waals surface area contributed by atoms with Gasteiger partial charge in [-0.3, -0.25) is 25.8 Å². The van der Waals surface area contributed by atoms with Crippen LogP contribution in [0.3, 0.4) is 0 Å². The number of rotatable bonds is 10. The minimum atomic E-state index is -0.978. The molecule has 12 heteroatoms. The smallest absolute Gasteiger partial charge is 0.289 e. The zero-order chi connectivity index (χ0) is 27.8. The summed E-state index contributed by atoms with van der Waals surface area (Å²) in [4.78, 5) is 29.9. The van der Waals surface area contributed by atoms with Crippen molar-refractivity contribution in [3.8, 4) is 11.5 Å². The van der Waals surface area contributed by atoms with Crippen LogP contribution in [0.2, 0.25) is 10.2 Å². The van der Waals surface area contributed by atoms with Crippen LogP contribution in [0.15, 0.2) is 54.6 Å². The zero-order valence-electron chi connectivity index (χ0n) is 21.0. The highest BCUT2D eigenvalue weighted by Gasteiger charge is 2.24. The molecule has 0 bridgehead atoms. The Balaban J connectivity index is 1.90. The number of pyridine rings is 1. The van der Waals surface area contributed by atoms with Crippen LogP contribution in [0.1, 0.15) is 48.4 Å². The SMILES string of the molecule is CCOc1cc(C(Nc2ccc(C(=N)N)cc2)C(=O)NNC(=O)c2nc(Cl)ccc2Cl)ccc1OC(C)C. The van der Waals surface area contributed by atoms with Crippen LogP contribution in [-0.4, -0.2) is 35.3 Å². The van der Waals surface area contributed by atoms with Crippen LogP contribution in [0.5, 0.6) is 11.5 Å². The summed E-state index contributed by atoms with van der Waals surface area (Å²) in [5, 5.41) is 10.9. The van der Waals surface area contributed by atoms with Gasteiger partial charge in [-0.2, -0.15) is 0 Å². The van der Waals surface area contributed by atoms with Crippen LogP contribution in [0.4, 0.5) is 5.69 Å². The number of amidine groups is 1. The third-order valence-electron chi connectivity index (χ3n) is 5.06. The van der Waals surface area contributed by atoms with Gasteiger partial charge in [0.1, 0.15) is 22.7 Å². The Labute approximate surface area is 230 Å². The highest BCUT2D eigenvalue weighted by molar-refractivity contribution is 6.34. The molecule has 10 nitrogen and oxygen atoms in total. The van der Waals surface area contributed by atoms with E-state index in [4.69, 9.17) is 43.8 Å². The maximum Gasteiger partial charge on any atom is 0.289 e. The largest absolute Gasteiger partial charge is 0.490 e. The summed E-state index contributed by atoms with van der Waals surface area (Å²) in [6.07, 6.45) is -0.0841. The van der Waals surface area contributed by atoms with E-state index in [1.807, 2.05) is 20.8 Å². The Morgan fingerprint density at radius 1 is 1.03 bits per heavy atom. The molecule has 3 rings (SSSR count). The highest BCUT2D eigenvalue weighted by atomic mass is 35.5. The predicted octanol–water partition coefficient (Wildman–Crippen LogP) is 4.47. The van der Waals surface area contributed by atoms with Gasteiger partial charge in [0.15, 0.2) is 11.5 Å². The van der Waals surface area contributed by atoms with Crippen molar-refractivity contribution in [2.24, 2.45) is 5.73 Å². The van der Waals surface area contributed by atoms with E-state index >= 15 is 0 Å². The Morgan fingerprint density at radius 2 is 1.74 bits per heavy atom. The molecule has 1 aromatic heterocycles. The van der Waals surface area contributed by atoms with E-state index in [0.717, 1.165) is 0 Å². The van der Waals surface area contributed by atoms with E-state index in [9.17, 15) is 9.59 Å². The van der Waals surface area contributed by atoms with Crippen molar-refractivity contribution < 1.29 is 19.1 Å². The Morgan fingerprint density at radius 3 is 2.37 bits per heavy atom. The second-order valence-electron chi connectivity index (χ2n) is 8.28. The molecule has 2 aromatic carbocycles. The van der Waals surface area contributed by atoms with E-state index in [2.05, 4.69) is 21.2 Å². The number of hydrogen-bond acceptors (Lipinski definition) is 7. The molecule has 1 heterocycles. The molecule has 0 aliphatic heterocycles. The van der Waals surface area contributed by atoms with Gasteiger partial charge >= 0.3 is 0 Å². The molecule has 0 spiro atoms. The maximum absolute atomic E-state index is 13.3. The van der Waals surface area contributed by atoms with Gasteiger partial charge in [-0.15, -0.1) is 0 Å².